The number of nitrogens with one attached hydrogen (secondary N) is 1. The lowest BCUT2D eigenvalue weighted by molar-refractivity contribution is 0.817. The maximum atomic E-state index is 3.19. The molecule has 108 valence electrons. The number of nitrogens with zero attached hydrogens (tertiary/aromatic N) is 1. The smallest absolute Gasteiger partial charge is 0.0541 e. The number of hydrogen-bond acceptors (Lipinski definition) is 1. The lowest BCUT2D eigenvalue weighted by atomic mass is 10.2. The molecular weight excluding hydrogens is 268 g/mol. The molecule has 0 saturated carbocycles. The van der Waals surface area contributed by atoms with Gasteiger partial charge in [-0.2, -0.15) is 0 Å². The number of fused-ring (bicyclic) bond motifs is 3. The molecule has 0 amide bonds. The molecule has 22 heavy (non-hydrogen) atoms. The number of hydrogen-bond donors (Lipinski definition) is 1. The summed E-state index contributed by atoms with van der Waals surface area (Å²) in [5, 5.41) is 5.80. The second kappa shape index (κ2) is 5.32. The highest BCUT2D eigenvalue weighted by atomic mass is 15.0. The third-order valence-corrected chi connectivity index (χ3v) is 4.16. The number of aromatic nitrogens is 1. The summed E-state index contributed by atoms with van der Waals surface area (Å²) in [6.07, 6.45) is 0. The predicted octanol–water partition coefficient (Wildman–Crippen LogP) is 4.50. The molecule has 1 N–H and O–H groups in total. The van der Waals surface area contributed by atoms with Crippen LogP contribution in [0.25, 0.3) is 27.5 Å². The van der Waals surface area contributed by atoms with Crippen LogP contribution in [0.4, 0.5) is 0 Å². The van der Waals surface area contributed by atoms with Crippen molar-refractivity contribution in [3.05, 3.63) is 78.4 Å². The largest absolute Gasteiger partial charge is 0.316 e. The summed E-state index contributed by atoms with van der Waals surface area (Å²) in [4.78, 5) is 0. The normalized spacial score (nSPS) is 11.3. The van der Waals surface area contributed by atoms with Gasteiger partial charge in [-0.05, 0) is 36.9 Å². The Hall–Kier alpha value is -2.58. The minimum Gasteiger partial charge on any atom is -0.316 e. The molecule has 2 heteroatoms. The van der Waals surface area contributed by atoms with Crippen LogP contribution < -0.4 is 5.32 Å². The Kier molecular flexibility index (Phi) is 3.17. The molecule has 0 bridgehead atoms. The molecule has 1 aromatic heterocycles. The van der Waals surface area contributed by atoms with Crippen LogP contribution in [-0.4, -0.2) is 11.6 Å². The van der Waals surface area contributed by atoms with Crippen LogP contribution in [0.1, 0.15) is 5.56 Å². The fourth-order valence-corrected chi connectivity index (χ4v) is 3.17. The van der Waals surface area contributed by atoms with Crippen molar-refractivity contribution in [2.45, 2.75) is 6.54 Å². The number of rotatable bonds is 3. The Bertz CT molecular complexity index is 880. The highest BCUT2D eigenvalue weighted by Crippen LogP contribution is 2.31. The van der Waals surface area contributed by atoms with Crippen LogP contribution in [0.2, 0.25) is 0 Å². The van der Waals surface area contributed by atoms with Gasteiger partial charge < -0.3 is 9.88 Å². The topological polar surface area (TPSA) is 17.0 Å². The third-order valence-electron chi connectivity index (χ3n) is 4.16. The molecule has 0 radical (unpaired) electrons. The first-order valence-electron chi connectivity index (χ1n) is 7.60. The maximum absolute atomic E-state index is 3.19. The summed E-state index contributed by atoms with van der Waals surface area (Å²) in [6.45, 7) is 0.896. The summed E-state index contributed by atoms with van der Waals surface area (Å²) in [7, 11) is 1.97. The minimum absolute atomic E-state index is 0.896. The fraction of sp³-hybridized carbons (Fsp3) is 0.100. The first-order valence-corrected chi connectivity index (χ1v) is 7.60. The lowest BCUT2D eigenvalue weighted by Crippen LogP contribution is -2.05. The van der Waals surface area contributed by atoms with E-state index in [9.17, 15) is 0 Å². The Morgan fingerprint density at radius 1 is 0.727 bits per heavy atom. The highest BCUT2D eigenvalue weighted by molar-refractivity contribution is 6.09. The van der Waals surface area contributed by atoms with Gasteiger partial charge in [-0.25, -0.2) is 0 Å². The Labute approximate surface area is 130 Å². The first kappa shape index (κ1) is 13.1. The molecule has 0 aliphatic rings. The molecule has 3 aromatic carbocycles. The van der Waals surface area contributed by atoms with E-state index in [1.807, 2.05) is 7.05 Å². The molecule has 4 aromatic rings. The van der Waals surface area contributed by atoms with Crippen molar-refractivity contribution in [1.82, 2.24) is 9.88 Å². The number of para-hydroxylation sites is 2. The maximum Gasteiger partial charge on any atom is 0.0541 e. The zero-order valence-electron chi connectivity index (χ0n) is 12.6. The summed E-state index contributed by atoms with van der Waals surface area (Å²) in [6, 6.07) is 26.0. The van der Waals surface area contributed by atoms with Gasteiger partial charge in [-0.15, -0.1) is 0 Å². The van der Waals surface area contributed by atoms with E-state index < -0.39 is 0 Å². The van der Waals surface area contributed by atoms with Crippen LogP contribution in [0.3, 0.4) is 0 Å². The predicted molar refractivity (Wildman–Crippen MR) is 93.5 cm³/mol. The van der Waals surface area contributed by atoms with Crippen LogP contribution in [0, 0.1) is 0 Å². The second-order valence-electron chi connectivity index (χ2n) is 5.57. The zero-order chi connectivity index (χ0) is 14.9. The van der Waals surface area contributed by atoms with E-state index in [-0.39, 0.29) is 0 Å². The average Bonchev–Trinajstić information content (AvgIpc) is 2.91. The van der Waals surface area contributed by atoms with E-state index in [1.54, 1.807) is 0 Å². The van der Waals surface area contributed by atoms with Crippen molar-refractivity contribution in [2.75, 3.05) is 7.05 Å². The van der Waals surface area contributed by atoms with Crippen LogP contribution in [0.5, 0.6) is 0 Å². The van der Waals surface area contributed by atoms with Crippen molar-refractivity contribution in [3.8, 4) is 5.69 Å². The van der Waals surface area contributed by atoms with Gasteiger partial charge in [0, 0.05) is 23.0 Å². The van der Waals surface area contributed by atoms with E-state index in [4.69, 9.17) is 0 Å². The van der Waals surface area contributed by atoms with E-state index in [0.29, 0.717) is 0 Å². The second-order valence-corrected chi connectivity index (χ2v) is 5.57. The first-order chi connectivity index (χ1) is 10.9. The van der Waals surface area contributed by atoms with Gasteiger partial charge in [0.05, 0.1) is 11.0 Å². The average molecular weight is 286 g/mol. The third kappa shape index (κ3) is 2.00. The molecule has 0 spiro atoms. The molecule has 2 nitrogen and oxygen atoms in total. The molecule has 0 unspecified atom stereocenters. The molecule has 1 heterocycles. The quantitative estimate of drug-likeness (QED) is 0.586. The molecule has 0 fully saturated rings. The Morgan fingerprint density at radius 2 is 1.27 bits per heavy atom. The SMILES string of the molecule is CNCc1ccc(-n2c3ccccc3c3ccccc32)cc1. The number of benzene rings is 3. The van der Waals surface area contributed by atoms with Gasteiger partial charge >= 0.3 is 0 Å². The summed E-state index contributed by atoms with van der Waals surface area (Å²) < 4.78 is 2.34. The van der Waals surface area contributed by atoms with E-state index in [1.165, 1.54) is 33.1 Å². The standard InChI is InChI=1S/C20H18N2/c1-21-14-15-10-12-16(13-11-15)22-19-8-4-2-6-17(19)18-7-3-5-9-20(18)22/h2-13,21H,14H2,1H3. The molecule has 0 aliphatic heterocycles. The van der Waals surface area contributed by atoms with Crippen LogP contribution in [0.15, 0.2) is 72.8 Å². The van der Waals surface area contributed by atoms with Crippen molar-refractivity contribution < 1.29 is 0 Å². The van der Waals surface area contributed by atoms with E-state index in [2.05, 4.69) is 82.7 Å². The van der Waals surface area contributed by atoms with Crippen LogP contribution in [-0.2, 0) is 6.54 Å². The molecule has 0 saturated heterocycles. The van der Waals surface area contributed by atoms with Gasteiger partial charge in [0.25, 0.3) is 0 Å². The van der Waals surface area contributed by atoms with Gasteiger partial charge in [-0.3, -0.25) is 0 Å². The fourth-order valence-electron chi connectivity index (χ4n) is 3.17. The molecule has 4 rings (SSSR count). The minimum atomic E-state index is 0.896. The Balaban J connectivity index is 1.99. The van der Waals surface area contributed by atoms with Gasteiger partial charge in [0.2, 0.25) is 0 Å². The monoisotopic (exact) mass is 286 g/mol. The van der Waals surface area contributed by atoms with E-state index >= 15 is 0 Å². The highest BCUT2D eigenvalue weighted by Gasteiger charge is 2.10. The van der Waals surface area contributed by atoms with Gasteiger partial charge in [-0.1, -0.05) is 48.5 Å². The zero-order valence-corrected chi connectivity index (χ0v) is 12.6. The Morgan fingerprint density at radius 3 is 1.82 bits per heavy atom. The summed E-state index contributed by atoms with van der Waals surface area (Å²) >= 11 is 0. The molecule has 0 aliphatic carbocycles. The lowest BCUT2D eigenvalue weighted by Gasteiger charge is -2.09. The van der Waals surface area contributed by atoms with Gasteiger partial charge in [0.15, 0.2) is 0 Å². The van der Waals surface area contributed by atoms with E-state index in [0.717, 1.165) is 6.54 Å². The van der Waals surface area contributed by atoms with Crippen molar-refractivity contribution in [3.63, 3.8) is 0 Å². The van der Waals surface area contributed by atoms with Gasteiger partial charge in [0.1, 0.15) is 0 Å². The molecular formula is C20H18N2. The van der Waals surface area contributed by atoms with Crippen molar-refractivity contribution in [1.29, 1.82) is 0 Å². The summed E-state index contributed by atoms with van der Waals surface area (Å²) in [5.41, 5.74) is 5.01. The summed E-state index contributed by atoms with van der Waals surface area (Å²) in [5.74, 6) is 0. The van der Waals surface area contributed by atoms with Crippen LogP contribution >= 0.6 is 0 Å². The van der Waals surface area contributed by atoms with Crippen molar-refractivity contribution >= 4 is 21.8 Å². The molecule has 0 atom stereocenters. The van der Waals surface area contributed by atoms with Crippen molar-refractivity contribution in [2.24, 2.45) is 0 Å².